The maximum Gasteiger partial charge on any atom is 0.306 e. The number of unbranched alkanes of at least 4 members (excludes halogenated alkanes) is 15. The fraction of sp³-hybridized carbons (Fsp3) is 0.935. The second-order valence-electron chi connectivity index (χ2n) is 10.6. The Bertz CT molecular complexity index is 471. The summed E-state index contributed by atoms with van der Waals surface area (Å²) in [5.74, 6) is 0.00219. The molecule has 0 radical (unpaired) electrons. The molecule has 0 aromatic heterocycles. The maximum absolute atomic E-state index is 12.4. The number of aliphatic hydroxyl groups excluding tert-OH is 1. The van der Waals surface area contributed by atoms with Gasteiger partial charge in [0.2, 0.25) is 0 Å². The molecule has 1 unspecified atom stereocenters. The first-order chi connectivity index (χ1) is 17.7. The van der Waals surface area contributed by atoms with E-state index in [1.807, 2.05) is 0 Å². The van der Waals surface area contributed by atoms with Crippen LogP contribution < -0.4 is 0 Å². The van der Waals surface area contributed by atoms with Crippen molar-refractivity contribution in [2.45, 2.75) is 161 Å². The fourth-order valence-electron chi connectivity index (χ4n) is 4.80. The lowest BCUT2D eigenvalue weighted by Crippen LogP contribution is -2.29. The summed E-state index contributed by atoms with van der Waals surface area (Å²) in [6, 6.07) is 0. The number of nitrogens with zero attached hydrogens (tertiary/aromatic N) is 1. The van der Waals surface area contributed by atoms with Crippen LogP contribution in [0.25, 0.3) is 0 Å². The highest BCUT2D eigenvalue weighted by Crippen LogP contribution is 2.17. The standard InChI is InChI=1S/C31H61NO4/c1-3-5-7-8-12-17-23-30(22-6-4-2)36-31(35)24-18-13-11-15-20-26-32(27-29-34)25-19-14-9-10-16-21-28-33/h28,30,34H,3-27,29H2,1-2H3. The van der Waals surface area contributed by atoms with Crippen molar-refractivity contribution < 1.29 is 19.4 Å². The SMILES string of the molecule is CCCCCCCCC(CCCC)OC(=O)CCCCCCCN(CCO)CCCCCCCC=O. The highest BCUT2D eigenvalue weighted by molar-refractivity contribution is 5.69. The summed E-state index contributed by atoms with van der Waals surface area (Å²) in [5, 5.41) is 9.34. The summed E-state index contributed by atoms with van der Waals surface area (Å²) in [4.78, 5) is 25.1. The lowest BCUT2D eigenvalue weighted by atomic mass is 10.0. The van der Waals surface area contributed by atoms with Crippen molar-refractivity contribution in [1.29, 1.82) is 0 Å². The number of aldehydes is 1. The van der Waals surface area contributed by atoms with Crippen LogP contribution in [0.4, 0.5) is 0 Å². The van der Waals surface area contributed by atoms with E-state index in [2.05, 4.69) is 18.7 Å². The molecular formula is C31H61NO4. The molecule has 5 heteroatoms. The molecule has 0 bridgehead atoms. The molecule has 214 valence electrons. The predicted octanol–water partition coefficient (Wildman–Crippen LogP) is 8.01. The van der Waals surface area contributed by atoms with E-state index in [1.165, 1.54) is 64.2 Å². The zero-order valence-corrected chi connectivity index (χ0v) is 24.2. The molecule has 0 amide bonds. The van der Waals surface area contributed by atoms with Gasteiger partial charge in [-0.15, -0.1) is 0 Å². The summed E-state index contributed by atoms with van der Waals surface area (Å²) >= 11 is 0. The second kappa shape index (κ2) is 28.6. The molecule has 1 atom stereocenters. The number of rotatable bonds is 29. The average Bonchev–Trinajstić information content (AvgIpc) is 2.87. The Morgan fingerprint density at radius 3 is 1.83 bits per heavy atom. The third-order valence-electron chi connectivity index (χ3n) is 7.13. The van der Waals surface area contributed by atoms with E-state index in [4.69, 9.17) is 4.74 Å². The molecule has 5 nitrogen and oxygen atoms in total. The monoisotopic (exact) mass is 511 g/mol. The summed E-state index contributed by atoms with van der Waals surface area (Å²) in [7, 11) is 0. The summed E-state index contributed by atoms with van der Waals surface area (Å²) in [5.41, 5.74) is 0. The first kappa shape index (κ1) is 35.1. The summed E-state index contributed by atoms with van der Waals surface area (Å²) in [6.07, 6.45) is 25.7. The molecule has 0 aliphatic rings. The van der Waals surface area contributed by atoms with E-state index < -0.39 is 0 Å². The highest BCUT2D eigenvalue weighted by Gasteiger charge is 2.14. The van der Waals surface area contributed by atoms with E-state index >= 15 is 0 Å². The van der Waals surface area contributed by atoms with Crippen molar-refractivity contribution in [1.82, 2.24) is 4.90 Å². The minimum absolute atomic E-state index is 0.00219. The van der Waals surface area contributed by atoms with E-state index in [0.717, 1.165) is 90.1 Å². The first-order valence-electron chi connectivity index (χ1n) is 15.6. The molecule has 0 rings (SSSR count). The van der Waals surface area contributed by atoms with Crippen LogP contribution in [0, 0.1) is 0 Å². The quantitative estimate of drug-likeness (QED) is 0.0625. The van der Waals surface area contributed by atoms with Gasteiger partial charge in [0.05, 0.1) is 6.61 Å². The fourth-order valence-corrected chi connectivity index (χ4v) is 4.80. The zero-order chi connectivity index (χ0) is 26.5. The number of ether oxygens (including phenoxy) is 1. The minimum Gasteiger partial charge on any atom is -0.462 e. The van der Waals surface area contributed by atoms with Crippen molar-refractivity contribution in [2.24, 2.45) is 0 Å². The van der Waals surface area contributed by atoms with Crippen molar-refractivity contribution in [2.75, 3.05) is 26.2 Å². The molecule has 0 aromatic rings. The Morgan fingerprint density at radius 2 is 1.22 bits per heavy atom. The van der Waals surface area contributed by atoms with Gasteiger partial charge in [-0.1, -0.05) is 97.3 Å². The van der Waals surface area contributed by atoms with E-state index in [0.29, 0.717) is 12.8 Å². The van der Waals surface area contributed by atoms with Gasteiger partial charge in [0.15, 0.2) is 0 Å². The Balaban J connectivity index is 3.86. The molecule has 0 aliphatic carbocycles. The van der Waals surface area contributed by atoms with Gasteiger partial charge in [-0.2, -0.15) is 0 Å². The first-order valence-corrected chi connectivity index (χ1v) is 15.6. The summed E-state index contributed by atoms with van der Waals surface area (Å²) in [6.45, 7) is 7.53. The number of aliphatic hydroxyl groups is 1. The average molecular weight is 512 g/mol. The van der Waals surface area contributed by atoms with Crippen LogP contribution >= 0.6 is 0 Å². The van der Waals surface area contributed by atoms with Gasteiger partial charge < -0.3 is 19.5 Å². The van der Waals surface area contributed by atoms with Gasteiger partial charge in [-0.25, -0.2) is 0 Å². The molecular weight excluding hydrogens is 450 g/mol. The number of carbonyl (C=O) groups excluding carboxylic acids is 2. The lowest BCUT2D eigenvalue weighted by molar-refractivity contribution is -0.150. The Hall–Kier alpha value is -0.940. The van der Waals surface area contributed by atoms with Crippen LogP contribution in [0.3, 0.4) is 0 Å². The largest absolute Gasteiger partial charge is 0.462 e. The van der Waals surface area contributed by atoms with Crippen molar-refractivity contribution in [3.05, 3.63) is 0 Å². The number of hydrogen-bond acceptors (Lipinski definition) is 5. The smallest absolute Gasteiger partial charge is 0.306 e. The zero-order valence-electron chi connectivity index (χ0n) is 24.2. The van der Waals surface area contributed by atoms with Crippen molar-refractivity contribution in [3.8, 4) is 0 Å². The van der Waals surface area contributed by atoms with Crippen LogP contribution in [-0.4, -0.2) is 54.6 Å². The molecule has 0 spiro atoms. The molecule has 0 heterocycles. The second-order valence-corrected chi connectivity index (χ2v) is 10.6. The topological polar surface area (TPSA) is 66.8 Å². The van der Waals surface area contributed by atoms with E-state index in [1.54, 1.807) is 0 Å². The molecule has 0 aliphatic heterocycles. The van der Waals surface area contributed by atoms with E-state index in [-0.39, 0.29) is 18.7 Å². The van der Waals surface area contributed by atoms with Crippen LogP contribution in [-0.2, 0) is 14.3 Å². The van der Waals surface area contributed by atoms with Gasteiger partial charge in [0, 0.05) is 19.4 Å². The van der Waals surface area contributed by atoms with Gasteiger partial charge in [-0.3, -0.25) is 4.79 Å². The van der Waals surface area contributed by atoms with Gasteiger partial charge in [0.25, 0.3) is 0 Å². The third-order valence-corrected chi connectivity index (χ3v) is 7.13. The lowest BCUT2D eigenvalue weighted by Gasteiger charge is -2.21. The molecule has 36 heavy (non-hydrogen) atoms. The van der Waals surface area contributed by atoms with Gasteiger partial charge in [0.1, 0.15) is 12.4 Å². The number of hydrogen-bond donors (Lipinski definition) is 1. The van der Waals surface area contributed by atoms with Crippen molar-refractivity contribution >= 4 is 12.3 Å². The minimum atomic E-state index is 0.00219. The van der Waals surface area contributed by atoms with Crippen molar-refractivity contribution in [3.63, 3.8) is 0 Å². The number of esters is 1. The predicted molar refractivity (Wildman–Crippen MR) is 152 cm³/mol. The van der Waals surface area contributed by atoms with Crippen LogP contribution in [0.15, 0.2) is 0 Å². The molecule has 0 aromatic carbocycles. The van der Waals surface area contributed by atoms with Crippen LogP contribution in [0.5, 0.6) is 0 Å². The molecule has 0 saturated carbocycles. The Morgan fingerprint density at radius 1 is 0.694 bits per heavy atom. The number of carbonyl (C=O) groups is 2. The molecule has 0 saturated heterocycles. The normalized spacial score (nSPS) is 12.2. The summed E-state index contributed by atoms with van der Waals surface area (Å²) < 4.78 is 5.86. The van der Waals surface area contributed by atoms with E-state index in [9.17, 15) is 14.7 Å². The Labute approximate surface area is 224 Å². The van der Waals surface area contributed by atoms with Gasteiger partial charge in [-0.05, 0) is 58.0 Å². The molecule has 1 N–H and O–H groups in total. The van der Waals surface area contributed by atoms with Crippen LogP contribution in [0.1, 0.15) is 155 Å². The van der Waals surface area contributed by atoms with Crippen LogP contribution in [0.2, 0.25) is 0 Å². The Kier molecular flexibility index (Phi) is 27.9. The highest BCUT2D eigenvalue weighted by atomic mass is 16.5. The third kappa shape index (κ3) is 24.7. The molecule has 0 fully saturated rings. The maximum atomic E-state index is 12.4. The van der Waals surface area contributed by atoms with Gasteiger partial charge >= 0.3 is 5.97 Å².